The maximum absolute atomic E-state index is 13.1. The summed E-state index contributed by atoms with van der Waals surface area (Å²) in [5.41, 5.74) is -3.31. The second kappa shape index (κ2) is 6.26. The highest BCUT2D eigenvalue weighted by Crippen LogP contribution is 2.38. The second-order valence-corrected chi connectivity index (χ2v) is 6.73. The minimum absolute atomic E-state index is 0.0198. The lowest BCUT2D eigenvalue weighted by molar-refractivity contribution is -0.384. The summed E-state index contributed by atoms with van der Waals surface area (Å²) >= 11 is 0. The maximum Gasteiger partial charge on any atom is 0.417 e. The van der Waals surface area contributed by atoms with E-state index in [1.165, 1.54) is 0 Å². The molecule has 2 amide bonds. The molecule has 2 atom stereocenters. The van der Waals surface area contributed by atoms with Crippen LogP contribution in [0.4, 0.5) is 18.9 Å². The average Bonchev–Trinajstić information content (AvgIpc) is 2.80. The predicted octanol–water partition coefficient (Wildman–Crippen LogP) is 2.40. The number of nitrogens with one attached hydrogen (secondary N) is 2. The summed E-state index contributed by atoms with van der Waals surface area (Å²) in [6.45, 7) is -0.0198. The molecule has 2 unspecified atom stereocenters. The van der Waals surface area contributed by atoms with Crippen LogP contribution in [-0.4, -0.2) is 28.8 Å². The Morgan fingerprint density at radius 3 is 2.81 bits per heavy atom. The number of hydrogen-bond acceptors (Lipinski definition) is 4. The van der Waals surface area contributed by atoms with Crippen molar-refractivity contribution < 1.29 is 27.7 Å². The Balaban J connectivity index is 1.82. The fourth-order valence-corrected chi connectivity index (χ4v) is 3.69. The molecule has 3 rings (SSSR count). The van der Waals surface area contributed by atoms with Crippen molar-refractivity contribution in [2.24, 2.45) is 5.92 Å². The van der Waals surface area contributed by atoms with Gasteiger partial charge in [0.25, 0.3) is 11.6 Å². The number of non-ortho nitro benzene ring substituents is 1. The second-order valence-electron chi connectivity index (χ2n) is 6.73. The number of hydrogen-bond donors (Lipinski definition) is 2. The molecule has 26 heavy (non-hydrogen) atoms. The van der Waals surface area contributed by atoms with Crippen LogP contribution in [0.5, 0.6) is 0 Å². The molecule has 1 saturated heterocycles. The van der Waals surface area contributed by atoms with Gasteiger partial charge < -0.3 is 10.6 Å². The first-order chi connectivity index (χ1) is 12.1. The van der Waals surface area contributed by atoms with Crippen molar-refractivity contribution >= 4 is 17.5 Å². The zero-order valence-electron chi connectivity index (χ0n) is 13.6. The largest absolute Gasteiger partial charge is 0.417 e. The summed E-state index contributed by atoms with van der Waals surface area (Å²) in [6, 6.07) is 1.85. The molecule has 0 aromatic heterocycles. The molecular formula is C16H16F3N3O4. The Morgan fingerprint density at radius 2 is 2.15 bits per heavy atom. The zero-order valence-corrected chi connectivity index (χ0v) is 13.6. The first kappa shape index (κ1) is 18.2. The number of rotatable bonds is 4. The van der Waals surface area contributed by atoms with Gasteiger partial charge in [-0.3, -0.25) is 19.7 Å². The number of nitro groups is 1. The molecule has 1 aliphatic carbocycles. The number of carbonyl (C=O) groups excluding carboxylic acids is 2. The van der Waals surface area contributed by atoms with Crippen molar-refractivity contribution in [2.45, 2.75) is 37.4 Å². The summed E-state index contributed by atoms with van der Waals surface area (Å²) in [5.74, 6) is -1.30. The molecule has 10 heteroatoms. The standard InChI is InChI=1S/C16H16F3N3O4/c17-16(18,19)12-4-3-10(22(25)26)6-11(12)14(24)20-8-15-5-1-2-9(7-15)13(23)21-15/h3-4,6,9H,1-2,5,7-8H2,(H,20,24)(H,21,23). The van der Waals surface area contributed by atoms with Crippen LogP contribution in [0.1, 0.15) is 41.6 Å². The molecule has 2 bridgehead atoms. The van der Waals surface area contributed by atoms with E-state index in [-0.39, 0.29) is 18.4 Å². The lowest BCUT2D eigenvalue weighted by Crippen LogP contribution is -2.51. The molecule has 2 fully saturated rings. The van der Waals surface area contributed by atoms with Crippen molar-refractivity contribution in [1.82, 2.24) is 10.6 Å². The van der Waals surface area contributed by atoms with Crippen molar-refractivity contribution in [3.8, 4) is 0 Å². The van der Waals surface area contributed by atoms with Gasteiger partial charge in [-0.15, -0.1) is 0 Å². The molecule has 0 radical (unpaired) electrons. The van der Waals surface area contributed by atoms with Gasteiger partial charge in [0, 0.05) is 24.6 Å². The Bertz CT molecular complexity index is 780. The molecule has 7 nitrogen and oxygen atoms in total. The van der Waals surface area contributed by atoms with E-state index >= 15 is 0 Å². The number of benzene rings is 1. The Hall–Kier alpha value is -2.65. The van der Waals surface area contributed by atoms with Gasteiger partial charge in [-0.05, 0) is 25.3 Å². The molecular weight excluding hydrogens is 355 g/mol. The lowest BCUT2D eigenvalue weighted by Gasteiger charge is -2.32. The molecule has 140 valence electrons. The highest BCUT2D eigenvalue weighted by Gasteiger charge is 2.47. The van der Waals surface area contributed by atoms with Crippen LogP contribution < -0.4 is 10.6 Å². The van der Waals surface area contributed by atoms with Crippen molar-refractivity contribution in [1.29, 1.82) is 0 Å². The van der Waals surface area contributed by atoms with E-state index in [1.807, 2.05) is 0 Å². The minimum atomic E-state index is -4.82. The number of nitrogens with zero attached hydrogens (tertiary/aromatic N) is 1. The number of amides is 2. The fraction of sp³-hybridized carbons (Fsp3) is 0.500. The number of nitro benzene ring substituents is 1. The van der Waals surface area contributed by atoms with Gasteiger partial charge in [-0.2, -0.15) is 13.2 Å². The van der Waals surface area contributed by atoms with Gasteiger partial charge in [-0.1, -0.05) is 6.42 Å². The average molecular weight is 371 g/mol. The highest BCUT2D eigenvalue weighted by atomic mass is 19.4. The number of carbonyl (C=O) groups is 2. The summed E-state index contributed by atoms with van der Waals surface area (Å²) < 4.78 is 39.4. The molecule has 2 aliphatic rings. The third kappa shape index (κ3) is 3.35. The van der Waals surface area contributed by atoms with E-state index in [1.54, 1.807) is 0 Å². The van der Waals surface area contributed by atoms with E-state index in [4.69, 9.17) is 0 Å². The van der Waals surface area contributed by atoms with Crippen LogP contribution >= 0.6 is 0 Å². The van der Waals surface area contributed by atoms with Crippen LogP contribution in [-0.2, 0) is 11.0 Å². The van der Waals surface area contributed by atoms with E-state index in [0.717, 1.165) is 12.8 Å². The maximum atomic E-state index is 13.1. The predicted molar refractivity (Wildman–Crippen MR) is 83.3 cm³/mol. The Kier molecular flexibility index (Phi) is 4.37. The van der Waals surface area contributed by atoms with Crippen LogP contribution in [0.15, 0.2) is 18.2 Å². The molecule has 0 spiro atoms. The summed E-state index contributed by atoms with van der Waals surface area (Å²) in [6.07, 6.45) is -2.14. The normalized spacial score (nSPS) is 24.9. The van der Waals surface area contributed by atoms with Crippen LogP contribution in [0.2, 0.25) is 0 Å². The monoisotopic (exact) mass is 371 g/mol. The molecule has 1 aliphatic heterocycles. The first-order valence-corrected chi connectivity index (χ1v) is 8.07. The van der Waals surface area contributed by atoms with Crippen LogP contribution in [0, 0.1) is 16.0 Å². The Morgan fingerprint density at radius 1 is 1.42 bits per heavy atom. The van der Waals surface area contributed by atoms with Crippen molar-refractivity contribution in [2.75, 3.05) is 6.54 Å². The minimum Gasteiger partial charge on any atom is -0.350 e. The third-order valence-corrected chi connectivity index (χ3v) is 4.96. The summed E-state index contributed by atoms with van der Waals surface area (Å²) in [7, 11) is 0. The Labute approximate surface area is 146 Å². The fourth-order valence-electron chi connectivity index (χ4n) is 3.69. The van der Waals surface area contributed by atoms with Crippen LogP contribution in [0.25, 0.3) is 0 Å². The number of alkyl halides is 3. The SMILES string of the molecule is O=C(NCC12CCCC(C1)C(=O)N2)c1cc([N+](=O)[O-])ccc1C(F)(F)F. The summed E-state index contributed by atoms with van der Waals surface area (Å²) in [4.78, 5) is 34.1. The first-order valence-electron chi connectivity index (χ1n) is 8.07. The van der Waals surface area contributed by atoms with E-state index < -0.39 is 39.4 Å². The molecule has 2 N–H and O–H groups in total. The van der Waals surface area contributed by atoms with Gasteiger partial charge in [0.2, 0.25) is 5.91 Å². The van der Waals surface area contributed by atoms with Gasteiger partial charge in [0.15, 0.2) is 0 Å². The van der Waals surface area contributed by atoms with Gasteiger partial charge in [-0.25, -0.2) is 0 Å². The topological polar surface area (TPSA) is 101 Å². The van der Waals surface area contributed by atoms with Gasteiger partial charge >= 0.3 is 6.18 Å². The molecule has 1 heterocycles. The van der Waals surface area contributed by atoms with Crippen molar-refractivity contribution in [3.05, 3.63) is 39.4 Å². The molecule has 1 saturated carbocycles. The van der Waals surface area contributed by atoms with E-state index in [9.17, 15) is 32.9 Å². The third-order valence-electron chi connectivity index (χ3n) is 4.96. The zero-order chi connectivity index (χ0) is 19.1. The quantitative estimate of drug-likeness (QED) is 0.627. The van der Waals surface area contributed by atoms with E-state index in [2.05, 4.69) is 10.6 Å². The van der Waals surface area contributed by atoms with Gasteiger partial charge in [0.05, 0.1) is 21.6 Å². The summed E-state index contributed by atoms with van der Waals surface area (Å²) in [5, 5.41) is 16.1. The highest BCUT2D eigenvalue weighted by molar-refractivity contribution is 5.96. The van der Waals surface area contributed by atoms with E-state index in [0.29, 0.717) is 31.0 Å². The smallest absolute Gasteiger partial charge is 0.350 e. The molecule has 1 aromatic rings. The number of halogens is 3. The lowest BCUT2D eigenvalue weighted by atomic mass is 9.80. The van der Waals surface area contributed by atoms with Gasteiger partial charge in [0.1, 0.15) is 0 Å². The number of fused-ring (bicyclic) bond motifs is 2. The molecule has 1 aromatic carbocycles. The van der Waals surface area contributed by atoms with Crippen molar-refractivity contribution in [3.63, 3.8) is 0 Å². The van der Waals surface area contributed by atoms with Crippen LogP contribution in [0.3, 0.4) is 0 Å².